The number of rotatable bonds is 9. The highest BCUT2D eigenvalue weighted by Crippen LogP contribution is 2.14. The molecule has 5 nitrogen and oxygen atoms in total. The highest BCUT2D eigenvalue weighted by molar-refractivity contribution is 5.94. The molecule has 1 amide bonds. The quantitative estimate of drug-likeness (QED) is 0.724. The average Bonchev–Trinajstić information content (AvgIpc) is 3.09. The molecule has 1 aromatic heterocycles. The Bertz CT molecular complexity index is 574. The van der Waals surface area contributed by atoms with Gasteiger partial charge < -0.3 is 14.8 Å². The Labute approximate surface area is 138 Å². The van der Waals surface area contributed by atoms with Crippen molar-refractivity contribution in [2.45, 2.75) is 33.2 Å². The third kappa shape index (κ3) is 5.13. The molecule has 0 saturated heterocycles. The van der Waals surface area contributed by atoms with E-state index in [0.717, 1.165) is 43.7 Å². The van der Waals surface area contributed by atoms with E-state index in [1.54, 1.807) is 6.20 Å². The van der Waals surface area contributed by atoms with Crippen molar-refractivity contribution in [3.63, 3.8) is 0 Å². The SMILES string of the molecule is CCN(CC)c1ccc(C(=O)NCCCCn2ccnc2)cc1. The second-order valence-corrected chi connectivity index (χ2v) is 5.48. The lowest BCUT2D eigenvalue weighted by Gasteiger charge is -2.21. The molecular formula is C18H26N4O. The topological polar surface area (TPSA) is 50.2 Å². The molecule has 0 bridgehead atoms. The summed E-state index contributed by atoms with van der Waals surface area (Å²) in [5.74, 6) is -0.00118. The van der Waals surface area contributed by atoms with Crippen LogP contribution in [0.1, 0.15) is 37.0 Å². The monoisotopic (exact) mass is 314 g/mol. The fourth-order valence-electron chi connectivity index (χ4n) is 2.55. The van der Waals surface area contributed by atoms with E-state index in [9.17, 15) is 4.79 Å². The van der Waals surface area contributed by atoms with Gasteiger partial charge in [0.1, 0.15) is 0 Å². The molecule has 1 N–H and O–H groups in total. The van der Waals surface area contributed by atoms with E-state index >= 15 is 0 Å². The van der Waals surface area contributed by atoms with Crippen molar-refractivity contribution >= 4 is 11.6 Å². The summed E-state index contributed by atoms with van der Waals surface area (Å²) in [6.45, 7) is 7.85. The predicted molar refractivity (Wildman–Crippen MR) is 93.8 cm³/mol. The number of unbranched alkanes of at least 4 members (excludes halogenated alkanes) is 1. The number of hydrogen-bond acceptors (Lipinski definition) is 3. The van der Waals surface area contributed by atoms with Crippen LogP contribution in [-0.2, 0) is 6.54 Å². The van der Waals surface area contributed by atoms with Crippen LogP contribution in [0.15, 0.2) is 43.0 Å². The summed E-state index contributed by atoms with van der Waals surface area (Å²) in [7, 11) is 0. The summed E-state index contributed by atoms with van der Waals surface area (Å²) in [6, 6.07) is 7.82. The van der Waals surface area contributed by atoms with Gasteiger partial charge in [0.25, 0.3) is 5.91 Å². The highest BCUT2D eigenvalue weighted by atomic mass is 16.1. The first-order valence-electron chi connectivity index (χ1n) is 8.33. The van der Waals surface area contributed by atoms with Gasteiger partial charge in [0.15, 0.2) is 0 Å². The van der Waals surface area contributed by atoms with Crippen molar-refractivity contribution in [1.29, 1.82) is 0 Å². The molecule has 5 heteroatoms. The predicted octanol–water partition coefficient (Wildman–Crippen LogP) is 2.94. The number of imidazole rings is 1. The van der Waals surface area contributed by atoms with Crippen LogP contribution in [0.2, 0.25) is 0 Å². The first kappa shape index (κ1) is 17.1. The Morgan fingerprint density at radius 1 is 1.17 bits per heavy atom. The second-order valence-electron chi connectivity index (χ2n) is 5.48. The molecule has 0 aliphatic carbocycles. The molecule has 124 valence electrons. The number of carbonyl (C=O) groups excluding carboxylic acids is 1. The van der Waals surface area contributed by atoms with Gasteiger partial charge in [0.05, 0.1) is 6.33 Å². The average molecular weight is 314 g/mol. The summed E-state index contributed by atoms with van der Waals surface area (Å²) in [6.07, 6.45) is 7.54. The number of anilines is 1. The third-order valence-corrected chi connectivity index (χ3v) is 3.95. The van der Waals surface area contributed by atoms with Crippen LogP contribution < -0.4 is 10.2 Å². The van der Waals surface area contributed by atoms with Crippen molar-refractivity contribution in [2.75, 3.05) is 24.5 Å². The van der Waals surface area contributed by atoms with Gasteiger partial charge in [-0.25, -0.2) is 4.98 Å². The molecular weight excluding hydrogens is 288 g/mol. The maximum atomic E-state index is 12.1. The number of benzene rings is 1. The van der Waals surface area contributed by atoms with Crippen LogP contribution in [0.25, 0.3) is 0 Å². The van der Waals surface area contributed by atoms with E-state index in [2.05, 4.69) is 29.0 Å². The zero-order chi connectivity index (χ0) is 16.5. The van der Waals surface area contributed by atoms with E-state index in [4.69, 9.17) is 0 Å². The fraction of sp³-hybridized carbons (Fsp3) is 0.444. The minimum Gasteiger partial charge on any atom is -0.372 e. The number of aryl methyl sites for hydroxylation is 1. The van der Waals surface area contributed by atoms with Crippen LogP contribution >= 0.6 is 0 Å². The van der Waals surface area contributed by atoms with Crippen LogP contribution in [-0.4, -0.2) is 35.1 Å². The van der Waals surface area contributed by atoms with E-state index in [0.29, 0.717) is 6.54 Å². The van der Waals surface area contributed by atoms with Crippen molar-refractivity contribution in [3.05, 3.63) is 48.5 Å². The maximum Gasteiger partial charge on any atom is 0.251 e. The van der Waals surface area contributed by atoms with Gasteiger partial charge in [-0.05, 0) is 51.0 Å². The van der Waals surface area contributed by atoms with Crippen LogP contribution in [0.5, 0.6) is 0 Å². The summed E-state index contributed by atoms with van der Waals surface area (Å²) in [5, 5.41) is 2.98. The first-order valence-corrected chi connectivity index (χ1v) is 8.33. The minimum absolute atomic E-state index is 0.00118. The largest absolute Gasteiger partial charge is 0.372 e. The number of amides is 1. The molecule has 2 rings (SSSR count). The van der Waals surface area contributed by atoms with E-state index in [1.807, 2.05) is 41.4 Å². The number of nitrogens with one attached hydrogen (secondary N) is 1. The minimum atomic E-state index is -0.00118. The second kappa shape index (κ2) is 8.98. The van der Waals surface area contributed by atoms with E-state index in [1.165, 1.54) is 0 Å². The van der Waals surface area contributed by atoms with Gasteiger partial charge >= 0.3 is 0 Å². The van der Waals surface area contributed by atoms with Crippen molar-refractivity contribution < 1.29 is 4.79 Å². The molecule has 23 heavy (non-hydrogen) atoms. The maximum absolute atomic E-state index is 12.1. The smallest absolute Gasteiger partial charge is 0.251 e. The molecule has 0 aliphatic heterocycles. The molecule has 1 heterocycles. The molecule has 0 unspecified atom stereocenters. The van der Waals surface area contributed by atoms with Gasteiger partial charge in [-0.2, -0.15) is 0 Å². The van der Waals surface area contributed by atoms with Gasteiger partial charge in [0, 0.05) is 49.8 Å². The molecule has 1 aromatic carbocycles. The van der Waals surface area contributed by atoms with E-state index in [-0.39, 0.29) is 5.91 Å². The Kier molecular flexibility index (Phi) is 6.66. The standard InChI is InChI=1S/C18H26N4O/c1-3-22(4-2)17-9-7-16(8-10-17)18(23)20-11-5-6-13-21-14-12-19-15-21/h7-10,12,14-15H,3-6,11,13H2,1-2H3,(H,20,23). The van der Waals surface area contributed by atoms with E-state index < -0.39 is 0 Å². The van der Waals surface area contributed by atoms with Gasteiger partial charge in [-0.15, -0.1) is 0 Å². The molecule has 0 spiro atoms. The van der Waals surface area contributed by atoms with Crippen LogP contribution in [0, 0.1) is 0 Å². The summed E-state index contributed by atoms with van der Waals surface area (Å²) in [4.78, 5) is 18.4. The third-order valence-electron chi connectivity index (χ3n) is 3.95. The van der Waals surface area contributed by atoms with Crippen molar-refractivity contribution in [2.24, 2.45) is 0 Å². The molecule has 2 aromatic rings. The van der Waals surface area contributed by atoms with Crippen molar-refractivity contribution in [3.8, 4) is 0 Å². The molecule has 0 saturated carbocycles. The van der Waals surface area contributed by atoms with Gasteiger partial charge in [-0.3, -0.25) is 4.79 Å². The lowest BCUT2D eigenvalue weighted by molar-refractivity contribution is 0.0953. The number of carbonyl (C=O) groups is 1. The highest BCUT2D eigenvalue weighted by Gasteiger charge is 2.06. The summed E-state index contributed by atoms with van der Waals surface area (Å²) in [5.41, 5.74) is 1.88. The zero-order valence-electron chi connectivity index (χ0n) is 14.0. The Balaban J connectivity index is 1.72. The summed E-state index contributed by atoms with van der Waals surface area (Å²) >= 11 is 0. The fourth-order valence-corrected chi connectivity index (χ4v) is 2.55. The Morgan fingerprint density at radius 3 is 2.52 bits per heavy atom. The van der Waals surface area contributed by atoms with Crippen molar-refractivity contribution in [1.82, 2.24) is 14.9 Å². The lowest BCUT2D eigenvalue weighted by Crippen LogP contribution is -2.25. The molecule has 0 fully saturated rings. The van der Waals surface area contributed by atoms with Gasteiger partial charge in [0.2, 0.25) is 0 Å². The molecule has 0 atom stereocenters. The van der Waals surface area contributed by atoms with Gasteiger partial charge in [-0.1, -0.05) is 0 Å². The number of aromatic nitrogens is 2. The lowest BCUT2D eigenvalue weighted by atomic mass is 10.1. The Hall–Kier alpha value is -2.30. The number of nitrogens with zero attached hydrogens (tertiary/aromatic N) is 3. The Morgan fingerprint density at radius 2 is 1.91 bits per heavy atom. The molecule has 0 radical (unpaired) electrons. The normalized spacial score (nSPS) is 10.5. The molecule has 0 aliphatic rings. The van der Waals surface area contributed by atoms with Crippen LogP contribution in [0.3, 0.4) is 0 Å². The zero-order valence-corrected chi connectivity index (χ0v) is 14.0. The number of hydrogen-bond donors (Lipinski definition) is 1. The van der Waals surface area contributed by atoms with Crippen LogP contribution in [0.4, 0.5) is 5.69 Å². The summed E-state index contributed by atoms with van der Waals surface area (Å²) < 4.78 is 2.05. The first-order chi connectivity index (χ1) is 11.2.